The number of hydrogen-bond donors (Lipinski definition) is 3. The van der Waals surface area contributed by atoms with Crippen LogP contribution in [0, 0.1) is 0 Å². The number of aliphatic hydroxyl groups excluding tert-OH is 2. The summed E-state index contributed by atoms with van der Waals surface area (Å²) in [4.78, 5) is 24.6. The van der Waals surface area contributed by atoms with Gasteiger partial charge >= 0.3 is 5.97 Å². The number of carbonyl (C=O) groups excluding carboxylic acids is 2. The van der Waals surface area contributed by atoms with Crippen molar-refractivity contribution in [3.05, 3.63) is 24.3 Å². The number of unbranched alkanes of at least 4 members (excludes halogenated alkanes) is 44. The standard InChI is InChI=1S/C64H123NO5/c1-3-5-7-9-11-13-15-17-19-20-21-22-23-24-25-26-27-29-32-36-40-44-48-52-56-62(67)61(60-66)65-63(68)57-53-49-45-41-37-33-30-28-31-35-39-43-47-51-55-59-70-64(69)58-54-50-46-42-38-34-18-16-14-12-10-8-6-4-2/h16,18,31,35,61-62,66-67H,3-15,17,19-30,32-34,36-60H2,1-2H3,(H,65,68)/b18-16-,35-31-. The molecule has 0 aliphatic heterocycles. The van der Waals surface area contributed by atoms with Crippen LogP contribution in [0.5, 0.6) is 0 Å². The largest absolute Gasteiger partial charge is 0.466 e. The molecule has 0 saturated heterocycles. The number of carbonyl (C=O) groups is 2. The van der Waals surface area contributed by atoms with E-state index >= 15 is 0 Å². The fraction of sp³-hybridized carbons (Fsp3) is 0.906. The zero-order valence-corrected chi connectivity index (χ0v) is 47.3. The lowest BCUT2D eigenvalue weighted by Crippen LogP contribution is -2.45. The van der Waals surface area contributed by atoms with Gasteiger partial charge in [0.25, 0.3) is 0 Å². The van der Waals surface area contributed by atoms with Gasteiger partial charge in [-0.05, 0) is 77.0 Å². The van der Waals surface area contributed by atoms with Crippen molar-refractivity contribution in [3.63, 3.8) is 0 Å². The molecule has 0 rings (SSSR count). The Morgan fingerprint density at radius 1 is 0.386 bits per heavy atom. The lowest BCUT2D eigenvalue weighted by atomic mass is 10.0. The summed E-state index contributed by atoms with van der Waals surface area (Å²) in [5.41, 5.74) is 0. The van der Waals surface area contributed by atoms with Crippen LogP contribution in [-0.2, 0) is 14.3 Å². The third-order valence-electron chi connectivity index (χ3n) is 14.7. The van der Waals surface area contributed by atoms with E-state index in [2.05, 4.69) is 43.5 Å². The molecule has 70 heavy (non-hydrogen) atoms. The molecule has 0 saturated carbocycles. The Morgan fingerprint density at radius 3 is 1.01 bits per heavy atom. The highest BCUT2D eigenvalue weighted by atomic mass is 16.5. The van der Waals surface area contributed by atoms with Gasteiger partial charge in [0.2, 0.25) is 5.91 Å². The summed E-state index contributed by atoms with van der Waals surface area (Å²) in [6.45, 7) is 4.93. The molecule has 0 heterocycles. The van der Waals surface area contributed by atoms with Crippen LogP contribution in [0.1, 0.15) is 348 Å². The molecule has 0 aromatic carbocycles. The maximum Gasteiger partial charge on any atom is 0.305 e. The van der Waals surface area contributed by atoms with Crippen molar-refractivity contribution in [2.75, 3.05) is 13.2 Å². The fourth-order valence-corrected chi connectivity index (χ4v) is 9.87. The summed E-state index contributed by atoms with van der Waals surface area (Å²) >= 11 is 0. The normalized spacial score (nSPS) is 12.7. The van der Waals surface area contributed by atoms with E-state index in [0.717, 1.165) is 70.6 Å². The van der Waals surface area contributed by atoms with Gasteiger partial charge in [-0.2, -0.15) is 0 Å². The Morgan fingerprint density at radius 2 is 0.671 bits per heavy atom. The average Bonchev–Trinajstić information content (AvgIpc) is 3.36. The molecular formula is C64H123NO5. The molecule has 6 heteroatoms. The van der Waals surface area contributed by atoms with Crippen molar-refractivity contribution in [1.29, 1.82) is 0 Å². The number of rotatable bonds is 59. The summed E-state index contributed by atoms with van der Waals surface area (Å²) in [6.07, 6.45) is 73.3. The Hall–Kier alpha value is -1.66. The number of nitrogens with one attached hydrogen (secondary N) is 1. The van der Waals surface area contributed by atoms with Crippen molar-refractivity contribution in [3.8, 4) is 0 Å². The Bertz CT molecular complexity index is 1090. The molecule has 2 unspecified atom stereocenters. The van der Waals surface area contributed by atoms with Crippen LogP contribution in [-0.4, -0.2) is 47.4 Å². The fourth-order valence-electron chi connectivity index (χ4n) is 9.87. The predicted octanol–water partition coefficient (Wildman–Crippen LogP) is 19.8. The quantitative estimate of drug-likeness (QED) is 0.0321. The molecule has 0 bridgehead atoms. The summed E-state index contributed by atoms with van der Waals surface area (Å²) in [7, 11) is 0. The van der Waals surface area contributed by atoms with E-state index in [1.54, 1.807) is 0 Å². The smallest absolute Gasteiger partial charge is 0.305 e. The number of ether oxygens (including phenoxy) is 1. The van der Waals surface area contributed by atoms with Crippen LogP contribution >= 0.6 is 0 Å². The third-order valence-corrected chi connectivity index (χ3v) is 14.7. The highest BCUT2D eigenvalue weighted by Gasteiger charge is 2.20. The van der Waals surface area contributed by atoms with Crippen molar-refractivity contribution < 1.29 is 24.5 Å². The number of aliphatic hydroxyl groups is 2. The van der Waals surface area contributed by atoms with E-state index in [1.165, 1.54) is 244 Å². The first-order valence-corrected chi connectivity index (χ1v) is 31.6. The van der Waals surface area contributed by atoms with Gasteiger partial charge in [0, 0.05) is 12.8 Å². The molecule has 3 N–H and O–H groups in total. The topological polar surface area (TPSA) is 95.9 Å². The Labute approximate surface area is 437 Å². The molecule has 0 radical (unpaired) electrons. The van der Waals surface area contributed by atoms with Crippen molar-refractivity contribution >= 4 is 11.9 Å². The second-order valence-electron chi connectivity index (χ2n) is 21.7. The third kappa shape index (κ3) is 55.7. The van der Waals surface area contributed by atoms with Crippen molar-refractivity contribution in [1.82, 2.24) is 5.32 Å². The first-order valence-electron chi connectivity index (χ1n) is 31.6. The SMILES string of the molecule is CCCCCCC/C=C\CCCCCCCC(=O)OCCCCCC/C=C\CCCCCCCCCC(=O)NC(CO)C(O)CCCCCCCCCCCCCCCCCCCCCCCCCC. The van der Waals surface area contributed by atoms with Crippen LogP contribution < -0.4 is 5.32 Å². The maximum absolute atomic E-state index is 12.5. The summed E-state index contributed by atoms with van der Waals surface area (Å²) in [5.74, 6) is -0.0646. The lowest BCUT2D eigenvalue weighted by Gasteiger charge is -2.22. The second-order valence-corrected chi connectivity index (χ2v) is 21.7. The first-order chi connectivity index (χ1) is 34.5. The molecule has 0 aliphatic carbocycles. The number of esters is 1. The van der Waals surface area contributed by atoms with Gasteiger partial charge in [0.1, 0.15) is 0 Å². The second kappa shape index (κ2) is 59.9. The first kappa shape index (κ1) is 68.3. The van der Waals surface area contributed by atoms with E-state index in [1.807, 2.05) is 0 Å². The maximum atomic E-state index is 12.5. The molecule has 0 fully saturated rings. The van der Waals surface area contributed by atoms with Crippen LogP contribution in [0.25, 0.3) is 0 Å². The zero-order chi connectivity index (χ0) is 50.7. The van der Waals surface area contributed by atoms with Crippen LogP contribution in [0.15, 0.2) is 24.3 Å². The van der Waals surface area contributed by atoms with E-state index in [-0.39, 0.29) is 18.5 Å². The van der Waals surface area contributed by atoms with Crippen molar-refractivity contribution in [2.45, 2.75) is 360 Å². The molecule has 0 spiro atoms. The van der Waals surface area contributed by atoms with E-state index in [0.29, 0.717) is 25.9 Å². The van der Waals surface area contributed by atoms with Gasteiger partial charge in [-0.15, -0.1) is 0 Å². The summed E-state index contributed by atoms with van der Waals surface area (Å²) in [6, 6.07) is -0.554. The summed E-state index contributed by atoms with van der Waals surface area (Å²) in [5, 5.41) is 23.4. The highest BCUT2D eigenvalue weighted by Crippen LogP contribution is 2.18. The molecule has 414 valence electrons. The number of hydrogen-bond acceptors (Lipinski definition) is 5. The van der Waals surface area contributed by atoms with Gasteiger partial charge in [-0.25, -0.2) is 0 Å². The number of allylic oxidation sites excluding steroid dienone is 4. The molecule has 2 atom stereocenters. The van der Waals surface area contributed by atoms with Gasteiger partial charge < -0.3 is 20.3 Å². The van der Waals surface area contributed by atoms with Crippen LogP contribution in [0.2, 0.25) is 0 Å². The van der Waals surface area contributed by atoms with Gasteiger partial charge in [0.05, 0.1) is 25.4 Å². The predicted molar refractivity (Wildman–Crippen MR) is 306 cm³/mol. The molecule has 1 amide bonds. The molecule has 0 aliphatic rings. The van der Waals surface area contributed by atoms with Crippen LogP contribution in [0.3, 0.4) is 0 Å². The zero-order valence-electron chi connectivity index (χ0n) is 47.3. The Balaban J connectivity index is 3.46. The molecule has 0 aromatic heterocycles. The van der Waals surface area contributed by atoms with Gasteiger partial charge in [-0.3, -0.25) is 9.59 Å². The van der Waals surface area contributed by atoms with Crippen molar-refractivity contribution in [2.24, 2.45) is 0 Å². The minimum absolute atomic E-state index is 0.0177. The molecule has 0 aromatic rings. The van der Waals surface area contributed by atoms with Crippen LogP contribution in [0.4, 0.5) is 0 Å². The molecule has 6 nitrogen and oxygen atoms in total. The minimum atomic E-state index is -0.676. The minimum Gasteiger partial charge on any atom is -0.466 e. The Kier molecular flexibility index (Phi) is 58.5. The lowest BCUT2D eigenvalue weighted by molar-refractivity contribution is -0.143. The van der Waals surface area contributed by atoms with E-state index in [9.17, 15) is 19.8 Å². The summed E-state index contributed by atoms with van der Waals surface area (Å²) < 4.78 is 5.46. The van der Waals surface area contributed by atoms with Gasteiger partial charge in [-0.1, -0.05) is 282 Å². The highest BCUT2D eigenvalue weighted by molar-refractivity contribution is 5.76. The van der Waals surface area contributed by atoms with Gasteiger partial charge in [0.15, 0.2) is 0 Å². The van der Waals surface area contributed by atoms with E-state index < -0.39 is 12.1 Å². The number of amides is 1. The molecular weight excluding hydrogens is 863 g/mol. The average molecular weight is 987 g/mol. The van der Waals surface area contributed by atoms with E-state index in [4.69, 9.17) is 4.74 Å². The monoisotopic (exact) mass is 986 g/mol.